The molecule has 0 spiro atoms. The Morgan fingerprint density at radius 3 is 2.28 bits per heavy atom. The highest BCUT2D eigenvalue weighted by molar-refractivity contribution is 7.89. The van der Waals surface area contributed by atoms with E-state index in [1.807, 2.05) is 36.4 Å². The van der Waals surface area contributed by atoms with Crippen molar-refractivity contribution in [2.75, 3.05) is 5.32 Å². The van der Waals surface area contributed by atoms with Gasteiger partial charge in [-0.1, -0.05) is 54.6 Å². The van der Waals surface area contributed by atoms with Crippen molar-refractivity contribution < 1.29 is 13.2 Å². The quantitative estimate of drug-likeness (QED) is 0.739. The maximum absolute atomic E-state index is 12.4. The van der Waals surface area contributed by atoms with Gasteiger partial charge in [0.15, 0.2) is 0 Å². The Balaban J connectivity index is 1.77. The van der Waals surface area contributed by atoms with Crippen LogP contribution in [0, 0.1) is 0 Å². The van der Waals surface area contributed by atoms with E-state index in [-0.39, 0.29) is 4.90 Å². The van der Waals surface area contributed by atoms with Crippen molar-refractivity contribution >= 4 is 32.4 Å². The van der Waals surface area contributed by atoms with Gasteiger partial charge in [-0.05, 0) is 30.5 Å². The zero-order valence-electron chi connectivity index (χ0n) is 13.6. The van der Waals surface area contributed by atoms with E-state index in [0.717, 1.165) is 10.8 Å². The average Bonchev–Trinajstić information content (AvgIpc) is 2.62. The molecule has 25 heavy (non-hydrogen) atoms. The molecule has 3 rings (SSSR count). The third-order valence-corrected chi connectivity index (χ3v) is 5.38. The monoisotopic (exact) mass is 354 g/mol. The van der Waals surface area contributed by atoms with Crippen LogP contribution in [-0.4, -0.2) is 20.4 Å². The molecule has 0 fully saturated rings. The van der Waals surface area contributed by atoms with Gasteiger partial charge in [-0.25, -0.2) is 8.42 Å². The van der Waals surface area contributed by atoms with Gasteiger partial charge in [0.1, 0.15) is 0 Å². The fourth-order valence-electron chi connectivity index (χ4n) is 2.53. The minimum atomic E-state index is -3.75. The van der Waals surface area contributed by atoms with Crippen LogP contribution in [0.3, 0.4) is 0 Å². The van der Waals surface area contributed by atoms with Gasteiger partial charge in [-0.15, -0.1) is 0 Å². The molecular weight excluding hydrogens is 336 g/mol. The summed E-state index contributed by atoms with van der Waals surface area (Å²) in [5.74, 6) is -0.421. The van der Waals surface area contributed by atoms with Gasteiger partial charge in [0, 0.05) is 11.1 Å². The van der Waals surface area contributed by atoms with Crippen molar-refractivity contribution in [2.24, 2.45) is 0 Å². The SMILES string of the molecule is C[C@H](NS(=O)(=O)c1ccccc1)C(=O)Nc1cccc2ccccc12. The zero-order chi connectivity index (χ0) is 17.9. The smallest absolute Gasteiger partial charge is 0.242 e. The lowest BCUT2D eigenvalue weighted by Crippen LogP contribution is -2.41. The highest BCUT2D eigenvalue weighted by Gasteiger charge is 2.22. The molecule has 2 N–H and O–H groups in total. The number of anilines is 1. The normalized spacial score (nSPS) is 12.7. The van der Waals surface area contributed by atoms with Gasteiger partial charge in [0.05, 0.1) is 10.9 Å². The van der Waals surface area contributed by atoms with E-state index in [9.17, 15) is 13.2 Å². The van der Waals surface area contributed by atoms with Crippen molar-refractivity contribution in [1.29, 1.82) is 0 Å². The van der Waals surface area contributed by atoms with Crippen molar-refractivity contribution in [1.82, 2.24) is 4.72 Å². The Morgan fingerprint density at radius 1 is 0.880 bits per heavy atom. The highest BCUT2D eigenvalue weighted by Crippen LogP contribution is 2.23. The fraction of sp³-hybridized carbons (Fsp3) is 0.105. The summed E-state index contributed by atoms with van der Waals surface area (Å²) in [7, 11) is -3.75. The number of carbonyl (C=O) groups excluding carboxylic acids is 1. The molecule has 5 nitrogen and oxygen atoms in total. The lowest BCUT2D eigenvalue weighted by atomic mass is 10.1. The second kappa shape index (κ2) is 7.04. The minimum absolute atomic E-state index is 0.125. The van der Waals surface area contributed by atoms with Crippen LogP contribution in [-0.2, 0) is 14.8 Å². The molecule has 0 heterocycles. The largest absolute Gasteiger partial charge is 0.324 e. The first kappa shape index (κ1) is 17.1. The average molecular weight is 354 g/mol. The molecule has 0 radical (unpaired) electrons. The van der Waals surface area contributed by atoms with Gasteiger partial charge < -0.3 is 5.32 Å². The number of nitrogens with one attached hydrogen (secondary N) is 2. The molecule has 0 aliphatic heterocycles. The standard InChI is InChI=1S/C19H18N2O3S/c1-14(21-25(23,24)16-10-3-2-4-11-16)19(22)20-18-13-7-9-15-8-5-6-12-17(15)18/h2-14,21H,1H3,(H,20,22)/t14-/m0/s1. The molecule has 6 heteroatoms. The number of fused-ring (bicyclic) bond motifs is 1. The second-order valence-electron chi connectivity index (χ2n) is 5.67. The van der Waals surface area contributed by atoms with Crippen LogP contribution in [0.5, 0.6) is 0 Å². The molecule has 0 unspecified atom stereocenters. The molecule has 3 aromatic rings. The molecule has 1 atom stereocenters. The van der Waals surface area contributed by atoms with E-state index in [4.69, 9.17) is 0 Å². The minimum Gasteiger partial charge on any atom is -0.324 e. The summed E-state index contributed by atoms with van der Waals surface area (Å²) in [6.45, 7) is 1.51. The Kier molecular flexibility index (Phi) is 4.83. The maximum atomic E-state index is 12.4. The van der Waals surface area contributed by atoms with Crippen LogP contribution < -0.4 is 10.0 Å². The predicted octanol–water partition coefficient (Wildman–Crippen LogP) is 3.15. The molecule has 3 aromatic carbocycles. The van der Waals surface area contributed by atoms with Crippen molar-refractivity contribution in [3.8, 4) is 0 Å². The molecular formula is C19H18N2O3S. The van der Waals surface area contributed by atoms with E-state index in [0.29, 0.717) is 5.69 Å². The number of hydrogen-bond acceptors (Lipinski definition) is 3. The first-order chi connectivity index (χ1) is 12.0. The van der Waals surface area contributed by atoms with Gasteiger partial charge in [-0.3, -0.25) is 4.79 Å². The summed E-state index contributed by atoms with van der Waals surface area (Å²) in [4.78, 5) is 12.6. The summed E-state index contributed by atoms with van der Waals surface area (Å²) >= 11 is 0. The van der Waals surface area contributed by atoms with E-state index < -0.39 is 22.0 Å². The lowest BCUT2D eigenvalue weighted by molar-refractivity contribution is -0.117. The Bertz CT molecular complexity index is 996. The van der Waals surface area contributed by atoms with E-state index in [2.05, 4.69) is 10.0 Å². The van der Waals surface area contributed by atoms with Crippen LogP contribution in [0.25, 0.3) is 10.8 Å². The van der Waals surface area contributed by atoms with Crippen molar-refractivity contribution in [2.45, 2.75) is 17.9 Å². The molecule has 0 aliphatic rings. The summed E-state index contributed by atoms with van der Waals surface area (Å²) in [6.07, 6.45) is 0. The molecule has 0 aliphatic carbocycles. The van der Waals surface area contributed by atoms with Crippen LogP contribution >= 0.6 is 0 Å². The first-order valence-electron chi connectivity index (χ1n) is 7.83. The molecule has 0 aromatic heterocycles. The third-order valence-electron chi connectivity index (χ3n) is 3.83. The Labute approximate surface area is 146 Å². The van der Waals surface area contributed by atoms with Crippen molar-refractivity contribution in [3.05, 3.63) is 72.8 Å². The van der Waals surface area contributed by atoms with Gasteiger partial charge in [0.25, 0.3) is 0 Å². The van der Waals surface area contributed by atoms with Crippen molar-refractivity contribution in [3.63, 3.8) is 0 Å². The Hall–Kier alpha value is -2.70. The van der Waals surface area contributed by atoms with Crippen LogP contribution in [0.15, 0.2) is 77.7 Å². The lowest BCUT2D eigenvalue weighted by Gasteiger charge is -2.15. The molecule has 128 valence electrons. The maximum Gasteiger partial charge on any atom is 0.242 e. The summed E-state index contributed by atoms with van der Waals surface area (Å²) in [6, 6.07) is 20.3. The fourth-order valence-corrected chi connectivity index (χ4v) is 3.75. The van der Waals surface area contributed by atoms with Gasteiger partial charge in [0.2, 0.25) is 15.9 Å². The van der Waals surface area contributed by atoms with Gasteiger partial charge >= 0.3 is 0 Å². The predicted molar refractivity (Wildman–Crippen MR) is 98.8 cm³/mol. The van der Waals surface area contributed by atoms with E-state index >= 15 is 0 Å². The number of carbonyl (C=O) groups is 1. The zero-order valence-corrected chi connectivity index (χ0v) is 14.5. The summed E-state index contributed by atoms with van der Waals surface area (Å²) in [5.41, 5.74) is 0.647. The van der Waals surface area contributed by atoms with E-state index in [1.54, 1.807) is 24.3 Å². The van der Waals surface area contributed by atoms with Crippen LogP contribution in [0.2, 0.25) is 0 Å². The van der Waals surface area contributed by atoms with E-state index in [1.165, 1.54) is 19.1 Å². The number of amides is 1. The van der Waals surface area contributed by atoms with Gasteiger partial charge in [-0.2, -0.15) is 4.72 Å². The first-order valence-corrected chi connectivity index (χ1v) is 9.32. The molecule has 0 saturated carbocycles. The Morgan fingerprint density at radius 2 is 1.52 bits per heavy atom. The number of benzene rings is 3. The molecule has 0 saturated heterocycles. The number of sulfonamides is 1. The third kappa shape index (κ3) is 3.87. The topological polar surface area (TPSA) is 75.3 Å². The number of hydrogen-bond donors (Lipinski definition) is 2. The van der Waals surface area contributed by atoms with Crippen LogP contribution in [0.1, 0.15) is 6.92 Å². The highest BCUT2D eigenvalue weighted by atomic mass is 32.2. The number of rotatable bonds is 5. The molecule has 0 bridgehead atoms. The van der Waals surface area contributed by atoms with Crippen LogP contribution in [0.4, 0.5) is 5.69 Å². The molecule has 1 amide bonds. The second-order valence-corrected chi connectivity index (χ2v) is 7.39. The summed E-state index contributed by atoms with van der Waals surface area (Å²) < 4.78 is 27.0. The summed E-state index contributed by atoms with van der Waals surface area (Å²) in [5, 5.41) is 4.69.